The molecular weight excluding hydrogens is 264 g/mol. The van der Waals surface area contributed by atoms with Gasteiger partial charge in [0.2, 0.25) is 12.6 Å². The highest BCUT2D eigenvalue weighted by Crippen LogP contribution is 2.34. The first-order valence-corrected chi connectivity index (χ1v) is 4.18. The highest BCUT2D eigenvalue weighted by Gasteiger charge is 2.21. The Hall–Kier alpha value is -1.24. The lowest BCUT2D eigenvalue weighted by atomic mass is 10.3. The molecule has 0 bridgehead atoms. The Morgan fingerprint density at radius 3 is 2.71 bits per heavy atom. The summed E-state index contributed by atoms with van der Waals surface area (Å²) < 4.78 is 29.1. The maximum atomic E-state index is 13.2. The van der Waals surface area contributed by atoms with E-state index in [9.17, 15) is 18.9 Å². The van der Waals surface area contributed by atoms with E-state index in [0.717, 1.165) is 12.1 Å². The van der Waals surface area contributed by atoms with E-state index in [2.05, 4.69) is 20.7 Å². The number of hydrogen-bond acceptors (Lipinski definition) is 3. The molecule has 0 saturated heterocycles. The fraction of sp³-hybridized carbons (Fsp3) is 0.143. The van der Waals surface area contributed by atoms with Crippen LogP contribution in [0, 0.1) is 15.9 Å². The van der Waals surface area contributed by atoms with Gasteiger partial charge in [-0.1, -0.05) is 0 Å². The zero-order valence-electron chi connectivity index (χ0n) is 6.67. The molecule has 0 spiro atoms. The Balaban J connectivity index is 3.29. The monoisotopic (exact) mass is 267 g/mol. The van der Waals surface area contributed by atoms with Crippen LogP contribution in [-0.2, 0) is 0 Å². The van der Waals surface area contributed by atoms with Gasteiger partial charge in [-0.2, -0.15) is 0 Å². The lowest BCUT2D eigenvalue weighted by Crippen LogP contribution is -1.99. The molecule has 0 aliphatic heterocycles. The van der Waals surface area contributed by atoms with Crippen LogP contribution in [0.2, 0.25) is 0 Å². The van der Waals surface area contributed by atoms with Gasteiger partial charge in [0.25, 0.3) is 0 Å². The number of benzene rings is 1. The SMILES string of the molecule is O=[N+]([O-])c1ccc(Br)c(F)c1OCF. The van der Waals surface area contributed by atoms with Gasteiger partial charge in [0.15, 0.2) is 5.82 Å². The second-order valence-electron chi connectivity index (χ2n) is 2.22. The van der Waals surface area contributed by atoms with Crippen molar-refractivity contribution in [3.8, 4) is 5.75 Å². The molecule has 0 fully saturated rings. The quantitative estimate of drug-likeness (QED) is 0.625. The smallest absolute Gasteiger partial charge is 0.314 e. The topological polar surface area (TPSA) is 52.4 Å². The molecule has 0 saturated carbocycles. The van der Waals surface area contributed by atoms with Crippen molar-refractivity contribution in [1.82, 2.24) is 0 Å². The fourth-order valence-corrected chi connectivity index (χ4v) is 1.17. The van der Waals surface area contributed by atoms with E-state index >= 15 is 0 Å². The standard InChI is InChI=1S/C7H4BrF2NO3/c8-4-1-2-5(11(12)13)7(6(4)10)14-3-9/h1-2H,3H2. The van der Waals surface area contributed by atoms with E-state index in [1.807, 2.05) is 0 Å². The number of nitro benzene ring substituents is 1. The van der Waals surface area contributed by atoms with Crippen LogP contribution in [0.3, 0.4) is 0 Å². The second kappa shape index (κ2) is 4.32. The van der Waals surface area contributed by atoms with Crippen LogP contribution >= 0.6 is 15.9 Å². The van der Waals surface area contributed by atoms with Crippen LogP contribution in [0.15, 0.2) is 16.6 Å². The van der Waals surface area contributed by atoms with E-state index < -0.39 is 29.0 Å². The minimum atomic E-state index is -1.33. The van der Waals surface area contributed by atoms with E-state index in [4.69, 9.17) is 0 Å². The van der Waals surface area contributed by atoms with E-state index in [1.54, 1.807) is 0 Å². The summed E-state index contributed by atoms with van der Waals surface area (Å²) in [4.78, 5) is 9.53. The van der Waals surface area contributed by atoms with Gasteiger partial charge < -0.3 is 4.74 Å². The highest BCUT2D eigenvalue weighted by atomic mass is 79.9. The van der Waals surface area contributed by atoms with E-state index in [1.165, 1.54) is 0 Å². The van der Waals surface area contributed by atoms with Crippen molar-refractivity contribution >= 4 is 21.6 Å². The molecule has 0 atom stereocenters. The summed E-state index contributed by atoms with van der Waals surface area (Å²) in [5.74, 6) is -1.69. The molecule has 0 amide bonds. The number of nitro groups is 1. The molecule has 4 nitrogen and oxygen atoms in total. The van der Waals surface area contributed by atoms with Crippen molar-refractivity contribution in [2.45, 2.75) is 0 Å². The third kappa shape index (κ3) is 1.98. The molecule has 14 heavy (non-hydrogen) atoms. The molecule has 1 rings (SSSR count). The predicted molar refractivity (Wildman–Crippen MR) is 47.4 cm³/mol. The number of nitrogens with zero attached hydrogens (tertiary/aromatic N) is 1. The molecule has 1 aromatic rings. The number of ether oxygens (including phenoxy) is 1. The molecular formula is C7H4BrF2NO3. The Bertz CT molecular complexity index is 372. The van der Waals surface area contributed by atoms with E-state index in [-0.39, 0.29) is 4.47 Å². The summed E-state index contributed by atoms with van der Waals surface area (Å²) >= 11 is 2.80. The van der Waals surface area contributed by atoms with Crippen LogP contribution < -0.4 is 4.74 Å². The van der Waals surface area contributed by atoms with Crippen LogP contribution in [0.4, 0.5) is 14.5 Å². The molecule has 76 valence electrons. The fourth-order valence-electron chi connectivity index (χ4n) is 0.857. The summed E-state index contributed by atoms with van der Waals surface area (Å²) in [5, 5.41) is 10.4. The number of halogens is 3. The molecule has 1 aromatic carbocycles. The summed E-state index contributed by atoms with van der Waals surface area (Å²) in [5.41, 5.74) is -0.608. The van der Waals surface area contributed by atoms with Crippen molar-refractivity contribution in [3.05, 3.63) is 32.5 Å². The molecule has 0 heterocycles. The number of hydrogen-bond donors (Lipinski definition) is 0. The Labute approximate surface area is 85.8 Å². The Morgan fingerprint density at radius 1 is 1.57 bits per heavy atom. The molecule has 0 N–H and O–H groups in total. The first kappa shape index (κ1) is 10.8. The summed E-state index contributed by atoms with van der Waals surface area (Å²) in [7, 11) is 0. The molecule has 0 aliphatic carbocycles. The minimum absolute atomic E-state index is 0.0217. The molecule has 0 unspecified atom stereocenters. The van der Waals surface area contributed by atoms with Gasteiger partial charge in [-0.25, -0.2) is 8.78 Å². The second-order valence-corrected chi connectivity index (χ2v) is 3.07. The minimum Gasteiger partial charge on any atom is -0.453 e. The van der Waals surface area contributed by atoms with Gasteiger partial charge in [-0.15, -0.1) is 0 Å². The predicted octanol–water partition coefficient (Wildman–Crippen LogP) is 2.80. The lowest BCUT2D eigenvalue weighted by molar-refractivity contribution is -0.386. The highest BCUT2D eigenvalue weighted by molar-refractivity contribution is 9.10. The average molecular weight is 268 g/mol. The molecule has 0 aliphatic rings. The third-order valence-corrected chi connectivity index (χ3v) is 2.04. The molecule has 0 aromatic heterocycles. The maximum absolute atomic E-state index is 13.2. The van der Waals surface area contributed by atoms with Gasteiger partial charge in [0, 0.05) is 6.07 Å². The van der Waals surface area contributed by atoms with Crippen molar-refractivity contribution < 1.29 is 18.4 Å². The third-order valence-electron chi connectivity index (χ3n) is 1.42. The maximum Gasteiger partial charge on any atom is 0.314 e. The zero-order chi connectivity index (χ0) is 10.7. The normalized spacial score (nSPS) is 9.93. The Kier molecular flexibility index (Phi) is 3.34. The van der Waals surface area contributed by atoms with E-state index in [0.29, 0.717) is 0 Å². The average Bonchev–Trinajstić information content (AvgIpc) is 2.13. The summed E-state index contributed by atoms with van der Waals surface area (Å²) in [6.07, 6.45) is 0. The lowest BCUT2D eigenvalue weighted by Gasteiger charge is -2.04. The van der Waals surface area contributed by atoms with Crippen molar-refractivity contribution in [1.29, 1.82) is 0 Å². The van der Waals surface area contributed by atoms with Crippen molar-refractivity contribution in [2.24, 2.45) is 0 Å². The Morgan fingerprint density at radius 2 is 2.21 bits per heavy atom. The van der Waals surface area contributed by atoms with Gasteiger partial charge in [-0.3, -0.25) is 10.1 Å². The first-order chi connectivity index (χ1) is 6.57. The van der Waals surface area contributed by atoms with Crippen LogP contribution in [0.5, 0.6) is 5.75 Å². The molecule has 7 heteroatoms. The van der Waals surface area contributed by atoms with Crippen LogP contribution in [0.25, 0.3) is 0 Å². The number of rotatable bonds is 3. The van der Waals surface area contributed by atoms with Crippen molar-refractivity contribution in [2.75, 3.05) is 6.86 Å². The van der Waals surface area contributed by atoms with Gasteiger partial charge >= 0.3 is 5.69 Å². The van der Waals surface area contributed by atoms with Gasteiger partial charge in [0.05, 0.1) is 9.40 Å². The number of alkyl halides is 1. The first-order valence-electron chi connectivity index (χ1n) is 3.39. The summed E-state index contributed by atoms with van der Waals surface area (Å²) in [6.45, 7) is -1.33. The molecule has 0 radical (unpaired) electrons. The van der Waals surface area contributed by atoms with Crippen LogP contribution in [-0.4, -0.2) is 11.8 Å². The van der Waals surface area contributed by atoms with Crippen LogP contribution in [0.1, 0.15) is 0 Å². The zero-order valence-corrected chi connectivity index (χ0v) is 8.25. The largest absolute Gasteiger partial charge is 0.453 e. The summed E-state index contributed by atoms with van der Waals surface area (Å²) in [6, 6.07) is 2.18. The van der Waals surface area contributed by atoms with Gasteiger partial charge in [-0.05, 0) is 22.0 Å². The van der Waals surface area contributed by atoms with Gasteiger partial charge in [0.1, 0.15) is 0 Å². The van der Waals surface area contributed by atoms with Crippen molar-refractivity contribution in [3.63, 3.8) is 0 Å².